The first-order valence-corrected chi connectivity index (χ1v) is 5.79. The van der Waals surface area contributed by atoms with Crippen LogP contribution in [0.3, 0.4) is 0 Å². The number of anilines is 1. The highest BCUT2D eigenvalue weighted by Crippen LogP contribution is 2.30. The highest BCUT2D eigenvalue weighted by molar-refractivity contribution is 5.56. The molecule has 15 heavy (non-hydrogen) atoms. The Morgan fingerprint density at radius 3 is 2.60 bits per heavy atom. The average molecular weight is 205 g/mol. The van der Waals surface area contributed by atoms with Gasteiger partial charge >= 0.3 is 0 Å². The summed E-state index contributed by atoms with van der Waals surface area (Å²) in [5.41, 5.74) is 7.82. The molecule has 2 heteroatoms. The van der Waals surface area contributed by atoms with Crippen LogP contribution in [0.2, 0.25) is 0 Å². The molecule has 0 bridgehead atoms. The second-order valence-corrected chi connectivity index (χ2v) is 4.37. The van der Waals surface area contributed by atoms with Gasteiger partial charge in [0.25, 0.3) is 0 Å². The molecule has 2 nitrogen and oxygen atoms in total. The molecule has 0 radical (unpaired) electrons. The number of ether oxygens (including phenoxy) is 1. The van der Waals surface area contributed by atoms with Crippen molar-refractivity contribution >= 4 is 5.69 Å². The van der Waals surface area contributed by atoms with Crippen molar-refractivity contribution in [2.75, 3.05) is 5.73 Å². The molecule has 1 aromatic carbocycles. The Labute approximate surface area is 91.4 Å². The van der Waals surface area contributed by atoms with E-state index in [0.29, 0.717) is 6.10 Å². The molecule has 2 rings (SSSR count). The summed E-state index contributed by atoms with van der Waals surface area (Å²) >= 11 is 0. The fraction of sp³-hybridized carbons (Fsp3) is 0.538. The van der Waals surface area contributed by atoms with Crippen molar-refractivity contribution in [1.82, 2.24) is 0 Å². The monoisotopic (exact) mass is 205 g/mol. The molecule has 1 aliphatic carbocycles. The minimum absolute atomic E-state index is 0.377. The van der Waals surface area contributed by atoms with E-state index in [4.69, 9.17) is 10.5 Å². The standard InChI is InChI=1S/C13H19NO/c1-10-6-5-9-12(14)13(10)15-11-7-3-2-4-8-11/h5-6,9,11H,2-4,7-8,14H2,1H3. The predicted molar refractivity (Wildman–Crippen MR) is 63.1 cm³/mol. The zero-order valence-corrected chi connectivity index (χ0v) is 9.33. The Bertz CT molecular complexity index is 309. The van der Waals surface area contributed by atoms with E-state index >= 15 is 0 Å². The summed E-state index contributed by atoms with van der Waals surface area (Å²) in [6.07, 6.45) is 6.65. The fourth-order valence-electron chi connectivity index (χ4n) is 2.19. The maximum absolute atomic E-state index is 5.99. The molecular weight excluding hydrogens is 186 g/mol. The molecule has 1 aromatic rings. The fourth-order valence-corrected chi connectivity index (χ4v) is 2.19. The molecule has 0 spiro atoms. The largest absolute Gasteiger partial charge is 0.488 e. The average Bonchev–Trinajstić information content (AvgIpc) is 2.25. The molecule has 1 saturated carbocycles. The molecule has 0 saturated heterocycles. The normalized spacial score (nSPS) is 17.7. The lowest BCUT2D eigenvalue weighted by Gasteiger charge is -2.24. The van der Waals surface area contributed by atoms with Crippen LogP contribution in [0, 0.1) is 6.92 Å². The first-order valence-electron chi connectivity index (χ1n) is 5.79. The third-order valence-electron chi connectivity index (χ3n) is 3.08. The third kappa shape index (κ3) is 2.44. The van der Waals surface area contributed by atoms with Gasteiger partial charge in [0, 0.05) is 0 Å². The van der Waals surface area contributed by atoms with Crippen LogP contribution in [0.5, 0.6) is 5.75 Å². The van der Waals surface area contributed by atoms with Gasteiger partial charge in [0.2, 0.25) is 0 Å². The van der Waals surface area contributed by atoms with E-state index in [-0.39, 0.29) is 0 Å². The Kier molecular flexibility index (Phi) is 3.14. The molecular formula is C13H19NO. The SMILES string of the molecule is Cc1cccc(N)c1OC1CCCCC1. The van der Waals surface area contributed by atoms with Crippen molar-refractivity contribution in [2.24, 2.45) is 0 Å². The lowest BCUT2D eigenvalue weighted by atomic mass is 9.97. The summed E-state index contributed by atoms with van der Waals surface area (Å²) < 4.78 is 5.99. The topological polar surface area (TPSA) is 35.2 Å². The van der Waals surface area contributed by atoms with Gasteiger partial charge < -0.3 is 10.5 Å². The van der Waals surface area contributed by atoms with Gasteiger partial charge in [0.1, 0.15) is 5.75 Å². The van der Waals surface area contributed by atoms with Crippen LogP contribution in [-0.2, 0) is 0 Å². The molecule has 0 aromatic heterocycles. The van der Waals surface area contributed by atoms with Crippen LogP contribution in [0.4, 0.5) is 5.69 Å². The van der Waals surface area contributed by atoms with Gasteiger partial charge in [-0.2, -0.15) is 0 Å². The van der Waals surface area contributed by atoms with Gasteiger partial charge in [-0.1, -0.05) is 18.6 Å². The summed E-state index contributed by atoms with van der Waals surface area (Å²) in [5.74, 6) is 0.893. The number of para-hydroxylation sites is 1. The van der Waals surface area contributed by atoms with Crippen molar-refractivity contribution in [2.45, 2.75) is 45.1 Å². The van der Waals surface area contributed by atoms with Crippen molar-refractivity contribution in [3.63, 3.8) is 0 Å². The molecule has 0 unspecified atom stereocenters. The minimum atomic E-state index is 0.377. The quantitative estimate of drug-likeness (QED) is 0.752. The number of rotatable bonds is 2. The van der Waals surface area contributed by atoms with Crippen LogP contribution in [0.25, 0.3) is 0 Å². The molecule has 0 heterocycles. The number of aryl methyl sites for hydroxylation is 1. The zero-order chi connectivity index (χ0) is 10.7. The third-order valence-corrected chi connectivity index (χ3v) is 3.08. The van der Waals surface area contributed by atoms with Crippen molar-refractivity contribution in [3.8, 4) is 5.75 Å². The number of benzene rings is 1. The molecule has 0 amide bonds. The highest BCUT2D eigenvalue weighted by Gasteiger charge is 2.16. The second-order valence-electron chi connectivity index (χ2n) is 4.37. The first-order chi connectivity index (χ1) is 7.27. The number of nitrogens with two attached hydrogens (primary N) is 1. The Balaban J connectivity index is 2.09. The van der Waals surface area contributed by atoms with Gasteiger partial charge in [-0.15, -0.1) is 0 Å². The second kappa shape index (κ2) is 4.56. The maximum atomic E-state index is 5.99. The predicted octanol–water partition coefficient (Wildman–Crippen LogP) is 3.29. The molecule has 0 atom stereocenters. The van der Waals surface area contributed by atoms with E-state index in [9.17, 15) is 0 Å². The smallest absolute Gasteiger partial charge is 0.145 e. The lowest BCUT2D eigenvalue weighted by molar-refractivity contribution is 0.155. The minimum Gasteiger partial charge on any atom is -0.488 e. The van der Waals surface area contributed by atoms with E-state index in [1.807, 2.05) is 12.1 Å². The molecule has 1 aliphatic rings. The van der Waals surface area contributed by atoms with Gasteiger partial charge in [-0.05, 0) is 44.2 Å². The van der Waals surface area contributed by atoms with Gasteiger partial charge in [-0.25, -0.2) is 0 Å². The summed E-state index contributed by atoms with van der Waals surface area (Å²) in [6, 6.07) is 5.93. The van der Waals surface area contributed by atoms with Crippen LogP contribution in [-0.4, -0.2) is 6.10 Å². The van der Waals surface area contributed by atoms with E-state index in [2.05, 4.69) is 13.0 Å². The van der Waals surface area contributed by atoms with Crippen molar-refractivity contribution in [1.29, 1.82) is 0 Å². The van der Waals surface area contributed by atoms with E-state index in [1.54, 1.807) is 0 Å². The number of hydrogen-bond acceptors (Lipinski definition) is 2. The van der Waals surface area contributed by atoms with E-state index in [0.717, 1.165) is 17.0 Å². The summed E-state index contributed by atoms with van der Waals surface area (Å²) in [5, 5.41) is 0. The van der Waals surface area contributed by atoms with Crippen molar-refractivity contribution in [3.05, 3.63) is 23.8 Å². The molecule has 0 aliphatic heterocycles. The molecule has 1 fully saturated rings. The number of nitrogen functional groups attached to an aromatic ring is 1. The van der Waals surface area contributed by atoms with E-state index in [1.165, 1.54) is 32.1 Å². The van der Waals surface area contributed by atoms with Crippen molar-refractivity contribution < 1.29 is 4.74 Å². The lowest BCUT2D eigenvalue weighted by Crippen LogP contribution is -2.20. The summed E-state index contributed by atoms with van der Waals surface area (Å²) in [4.78, 5) is 0. The van der Waals surface area contributed by atoms with E-state index < -0.39 is 0 Å². The number of hydrogen-bond donors (Lipinski definition) is 1. The van der Waals surface area contributed by atoms with Crippen LogP contribution in [0.15, 0.2) is 18.2 Å². The first kappa shape index (κ1) is 10.3. The molecule has 2 N–H and O–H groups in total. The van der Waals surface area contributed by atoms with Crippen LogP contribution < -0.4 is 10.5 Å². The highest BCUT2D eigenvalue weighted by atomic mass is 16.5. The van der Waals surface area contributed by atoms with Crippen LogP contribution >= 0.6 is 0 Å². The van der Waals surface area contributed by atoms with Gasteiger partial charge in [0.05, 0.1) is 11.8 Å². The Hall–Kier alpha value is -1.18. The Morgan fingerprint density at radius 2 is 1.93 bits per heavy atom. The summed E-state index contributed by atoms with van der Waals surface area (Å²) in [7, 11) is 0. The van der Waals surface area contributed by atoms with Gasteiger partial charge in [-0.3, -0.25) is 0 Å². The van der Waals surface area contributed by atoms with Crippen LogP contribution in [0.1, 0.15) is 37.7 Å². The summed E-state index contributed by atoms with van der Waals surface area (Å²) in [6.45, 7) is 2.05. The maximum Gasteiger partial charge on any atom is 0.145 e. The Morgan fingerprint density at radius 1 is 1.20 bits per heavy atom. The van der Waals surface area contributed by atoms with Gasteiger partial charge in [0.15, 0.2) is 0 Å². The zero-order valence-electron chi connectivity index (χ0n) is 9.33. The molecule has 82 valence electrons.